The van der Waals surface area contributed by atoms with Gasteiger partial charge < -0.3 is 15.7 Å². The van der Waals surface area contributed by atoms with Gasteiger partial charge in [-0.15, -0.1) is 0 Å². The van der Waals surface area contributed by atoms with Gasteiger partial charge in [-0.1, -0.05) is 27.7 Å². The van der Waals surface area contributed by atoms with Crippen LogP contribution in [0, 0.1) is 17.8 Å². The first-order valence-electron chi connectivity index (χ1n) is 7.11. The summed E-state index contributed by atoms with van der Waals surface area (Å²) in [5.41, 5.74) is 0. The van der Waals surface area contributed by atoms with Crippen LogP contribution < -0.4 is 10.6 Å². The van der Waals surface area contributed by atoms with Crippen molar-refractivity contribution < 1.29 is 14.7 Å². The van der Waals surface area contributed by atoms with Crippen LogP contribution in [-0.2, 0) is 4.79 Å². The van der Waals surface area contributed by atoms with Crippen molar-refractivity contribution in [3.05, 3.63) is 0 Å². The van der Waals surface area contributed by atoms with E-state index in [1.807, 2.05) is 0 Å². The molecule has 4 atom stereocenters. The normalized spacial score (nSPS) is 28.8. The van der Waals surface area contributed by atoms with Crippen LogP contribution in [0.3, 0.4) is 0 Å². The predicted molar refractivity (Wildman–Crippen MR) is 73.9 cm³/mol. The third kappa shape index (κ3) is 4.73. The van der Waals surface area contributed by atoms with E-state index in [2.05, 4.69) is 24.5 Å². The van der Waals surface area contributed by atoms with Crippen LogP contribution in [0.1, 0.15) is 47.0 Å². The van der Waals surface area contributed by atoms with Crippen molar-refractivity contribution in [3.8, 4) is 0 Å². The van der Waals surface area contributed by atoms with E-state index < -0.39 is 12.0 Å². The van der Waals surface area contributed by atoms with Gasteiger partial charge in [-0.05, 0) is 37.0 Å². The summed E-state index contributed by atoms with van der Waals surface area (Å²) in [6, 6.07) is -1.04. The summed E-state index contributed by atoms with van der Waals surface area (Å²) in [4.78, 5) is 22.9. The van der Waals surface area contributed by atoms with Gasteiger partial charge in [-0.3, -0.25) is 0 Å². The van der Waals surface area contributed by atoms with E-state index in [9.17, 15) is 9.59 Å². The quantitative estimate of drug-likeness (QED) is 0.733. The second-order valence-corrected chi connectivity index (χ2v) is 6.14. The Morgan fingerprint density at radius 1 is 1.16 bits per heavy atom. The number of carboxylic acids is 1. The molecule has 0 aromatic heterocycles. The molecule has 1 aliphatic rings. The summed E-state index contributed by atoms with van der Waals surface area (Å²) in [7, 11) is 0. The van der Waals surface area contributed by atoms with E-state index in [1.165, 1.54) is 0 Å². The van der Waals surface area contributed by atoms with Crippen molar-refractivity contribution in [2.75, 3.05) is 0 Å². The highest BCUT2D eigenvalue weighted by molar-refractivity contribution is 5.82. The molecule has 19 heavy (non-hydrogen) atoms. The van der Waals surface area contributed by atoms with E-state index in [0.717, 1.165) is 19.3 Å². The van der Waals surface area contributed by atoms with Crippen LogP contribution >= 0.6 is 0 Å². The Morgan fingerprint density at radius 3 is 2.26 bits per heavy atom. The smallest absolute Gasteiger partial charge is 0.326 e. The molecule has 0 spiro atoms. The summed E-state index contributed by atoms with van der Waals surface area (Å²) >= 11 is 0. The Labute approximate surface area is 115 Å². The SMILES string of the molecule is CC(C)C(NC(=O)NC1CCC(C)C(C)C1)C(=O)O. The van der Waals surface area contributed by atoms with Crippen LogP contribution in [0.25, 0.3) is 0 Å². The molecule has 2 amide bonds. The van der Waals surface area contributed by atoms with Gasteiger partial charge in [0.2, 0.25) is 0 Å². The van der Waals surface area contributed by atoms with Crippen LogP contribution in [0.5, 0.6) is 0 Å². The maximum absolute atomic E-state index is 11.8. The Hall–Kier alpha value is -1.26. The minimum Gasteiger partial charge on any atom is -0.480 e. The van der Waals surface area contributed by atoms with Crippen molar-refractivity contribution >= 4 is 12.0 Å². The molecule has 1 rings (SSSR count). The monoisotopic (exact) mass is 270 g/mol. The molecule has 0 aromatic rings. The second kappa shape index (κ2) is 6.78. The Morgan fingerprint density at radius 2 is 1.79 bits per heavy atom. The number of rotatable bonds is 4. The van der Waals surface area contributed by atoms with E-state index in [4.69, 9.17) is 5.11 Å². The lowest BCUT2D eigenvalue weighted by Gasteiger charge is -2.32. The molecular formula is C14H26N2O3. The summed E-state index contributed by atoms with van der Waals surface area (Å²) in [5, 5.41) is 14.5. The van der Waals surface area contributed by atoms with Crippen molar-refractivity contribution in [1.82, 2.24) is 10.6 Å². The third-order valence-corrected chi connectivity index (χ3v) is 4.15. The average Bonchev–Trinajstić information content (AvgIpc) is 2.30. The second-order valence-electron chi connectivity index (χ2n) is 6.14. The molecular weight excluding hydrogens is 244 g/mol. The molecule has 0 heterocycles. The molecule has 1 saturated carbocycles. The summed E-state index contributed by atoms with van der Waals surface area (Å²) in [5.74, 6) is 0.173. The third-order valence-electron chi connectivity index (χ3n) is 4.15. The van der Waals surface area contributed by atoms with Gasteiger partial charge in [0.15, 0.2) is 0 Å². The van der Waals surface area contributed by atoms with Gasteiger partial charge >= 0.3 is 12.0 Å². The van der Waals surface area contributed by atoms with Gasteiger partial charge in [0.05, 0.1) is 0 Å². The Bertz CT molecular complexity index is 331. The van der Waals surface area contributed by atoms with Gasteiger partial charge in [0, 0.05) is 6.04 Å². The van der Waals surface area contributed by atoms with E-state index in [-0.39, 0.29) is 18.0 Å². The lowest BCUT2D eigenvalue weighted by atomic mass is 9.79. The topological polar surface area (TPSA) is 78.4 Å². The largest absolute Gasteiger partial charge is 0.480 e. The highest BCUT2D eigenvalue weighted by atomic mass is 16.4. The molecule has 4 unspecified atom stereocenters. The summed E-state index contributed by atoms with van der Waals surface area (Å²) < 4.78 is 0. The molecule has 0 saturated heterocycles. The predicted octanol–water partition coefficient (Wildman–Crippen LogP) is 2.22. The minimum atomic E-state index is -0.990. The number of hydrogen-bond acceptors (Lipinski definition) is 2. The van der Waals surface area contributed by atoms with Crippen molar-refractivity contribution in [3.63, 3.8) is 0 Å². The number of aliphatic carboxylic acids is 1. The number of hydrogen-bond donors (Lipinski definition) is 3. The molecule has 5 nitrogen and oxygen atoms in total. The Balaban J connectivity index is 2.44. The molecule has 110 valence electrons. The standard InChI is InChI=1S/C14H26N2O3/c1-8(2)12(13(17)18)16-14(19)15-11-6-5-9(3)10(4)7-11/h8-12H,5-7H2,1-4H3,(H,17,18)(H2,15,16,19). The average molecular weight is 270 g/mol. The van der Waals surface area contributed by atoms with Crippen LogP contribution in [0.4, 0.5) is 4.79 Å². The molecule has 0 aliphatic heterocycles. The molecule has 3 N–H and O–H groups in total. The van der Waals surface area contributed by atoms with Gasteiger partial charge in [0.1, 0.15) is 6.04 Å². The first-order valence-corrected chi connectivity index (χ1v) is 7.11. The zero-order valence-corrected chi connectivity index (χ0v) is 12.3. The first-order chi connectivity index (χ1) is 8.81. The molecule has 0 radical (unpaired) electrons. The highest BCUT2D eigenvalue weighted by Crippen LogP contribution is 2.29. The zero-order chi connectivity index (χ0) is 14.6. The summed E-state index contributed by atoms with van der Waals surface area (Å²) in [6.45, 7) is 8.00. The maximum Gasteiger partial charge on any atom is 0.326 e. The maximum atomic E-state index is 11.8. The number of carbonyl (C=O) groups excluding carboxylic acids is 1. The number of carboxylic acid groups (broad SMARTS) is 1. The number of nitrogens with one attached hydrogen (secondary N) is 2. The fraction of sp³-hybridized carbons (Fsp3) is 0.857. The van der Waals surface area contributed by atoms with E-state index in [1.54, 1.807) is 13.8 Å². The van der Waals surface area contributed by atoms with Crippen LogP contribution in [0.2, 0.25) is 0 Å². The fourth-order valence-electron chi connectivity index (χ4n) is 2.56. The van der Waals surface area contributed by atoms with Crippen molar-refractivity contribution in [2.45, 2.75) is 59.0 Å². The lowest BCUT2D eigenvalue weighted by molar-refractivity contribution is -0.140. The number of urea groups is 1. The first kappa shape index (κ1) is 15.8. The highest BCUT2D eigenvalue weighted by Gasteiger charge is 2.28. The number of carbonyl (C=O) groups is 2. The zero-order valence-electron chi connectivity index (χ0n) is 12.3. The molecule has 1 aliphatic carbocycles. The molecule has 0 bridgehead atoms. The fourth-order valence-corrected chi connectivity index (χ4v) is 2.56. The van der Waals surface area contributed by atoms with Crippen molar-refractivity contribution in [1.29, 1.82) is 0 Å². The van der Waals surface area contributed by atoms with Gasteiger partial charge in [0.25, 0.3) is 0 Å². The molecule has 1 fully saturated rings. The van der Waals surface area contributed by atoms with Gasteiger partial charge in [-0.25, -0.2) is 9.59 Å². The van der Waals surface area contributed by atoms with E-state index in [0.29, 0.717) is 11.8 Å². The lowest BCUT2D eigenvalue weighted by Crippen LogP contribution is -2.52. The van der Waals surface area contributed by atoms with Gasteiger partial charge in [-0.2, -0.15) is 0 Å². The van der Waals surface area contributed by atoms with Crippen LogP contribution in [-0.4, -0.2) is 29.2 Å². The Kier molecular flexibility index (Phi) is 5.63. The summed E-state index contributed by atoms with van der Waals surface area (Å²) in [6.07, 6.45) is 3.05. The number of amides is 2. The molecule has 5 heteroatoms. The molecule has 0 aromatic carbocycles. The van der Waals surface area contributed by atoms with Crippen LogP contribution in [0.15, 0.2) is 0 Å². The van der Waals surface area contributed by atoms with E-state index >= 15 is 0 Å². The minimum absolute atomic E-state index is 0.131. The van der Waals surface area contributed by atoms with Crippen molar-refractivity contribution in [2.24, 2.45) is 17.8 Å².